The maximum absolute atomic E-state index is 13.9. The van der Waals surface area contributed by atoms with Gasteiger partial charge in [-0.25, -0.2) is 4.39 Å². The lowest BCUT2D eigenvalue weighted by Gasteiger charge is -2.08. The van der Waals surface area contributed by atoms with Gasteiger partial charge in [0.05, 0.1) is 12.8 Å². The number of aromatic nitrogens is 1. The third-order valence-corrected chi connectivity index (χ3v) is 2.83. The van der Waals surface area contributed by atoms with E-state index < -0.39 is 0 Å². The number of nitrogens with one attached hydrogen (secondary N) is 1. The zero-order chi connectivity index (χ0) is 13.7. The Morgan fingerprint density at radius 1 is 1.16 bits per heavy atom. The van der Waals surface area contributed by atoms with Gasteiger partial charge in [0.2, 0.25) is 0 Å². The first kappa shape index (κ1) is 13.5. The van der Waals surface area contributed by atoms with Gasteiger partial charge in [0.15, 0.2) is 11.6 Å². The average molecular weight is 260 g/mol. The lowest BCUT2D eigenvalue weighted by molar-refractivity contribution is 0.383. The van der Waals surface area contributed by atoms with E-state index in [9.17, 15) is 4.39 Å². The fourth-order valence-corrected chi connectivity index (χ4v) is 1.87. The Morgan fingerprint density at radius 3 is 2.68 bits per heavy atom. The summed E-state index contributed by atoms with van der Waals surface area (Å²) in [6.07, 6.45) is 0. The Hall–Kier alpha value is -1.94. The molecule has 0 aliphatic heterocycles. The number of aryl methyl sites for hydroxylation is 1. The molecule has 0 bridgehead atoms. The van der Waals surface area contributed by atoms with Crippen LogP contribution in [0.15, 0.2) is 36.4 Å². The summed E-state index contributed by atoms with van der Waals surface area (Å²) in [6.45, 7) is 3.00. The standard InChI is InChI=1S/C15H17FN2O/c1-11-5-3-7-13(18-11)10-17-9-12-6-4-8-14(19-2)15(12)16/h3-8,17H,9-10H2,1-2H3. The molecule has 0 aliphatic carbocycles. The maximum atomic E-state index is 13.9. The Kier molecular flexibility index (Phi) is 4.47. The molecule has 0 unspecified atom stereocenters. The van der Waals surface area contributed by atoms with Gasteiger partial charge in [0.1, 0.15) is 0 Å². The molecule has 0 radical (unpaired) electrons. The topological polar surface area (TPSA) is 34.1 Å². The van der Waals surface area contributed by atoms with Gasteiger partial charge in [-0.05, 0) is 25.1 Å². The Morgan fingerprint density at radius 2 is 1.95 bits per heavy atom. The van der Waals surface area contributed by atoms with Crippen molar-refractivity contribution in [2.75, 3.05) is 7.11 Å². The molecule has 2 aromatic rings. The smallest absolute Gasteiger partial charge is 0.169 e. The molecule has 19 heavy (non-hydrogen) atoms. The summed E-state index contributed by atoms with van der Waals surface area (Å²) in [6, 6.07) is 11.0. The van der Waals surface area contributed by atoms with Gasteiger partial charge < -0.3 is 10.1 Å². The van der Waals surface area contributed by atoms with Crippen molar-refractivity contribution >= 4 is 0 Å². The van der Waals surface area contributed by atoms with E-state index in [1.807, 2.05) is 25.1 Å². The number of ether oxygens (including phenoxy) is 1. The molecule has 0 saturated heterocycles. The normalized spacial score (nSPS) is 10.5. The molecule has 4 heteroatoms. The highest BCUT2D eigenvalue weighted by Crippen LogP contribution is 2.19. The van der Waals surface area contributed by atoms with Crippen LogP contribution < -0.4 is 10.1 Å². The molecular formula is C15H17FN2O. The third-order valence-electron chi connectivity index (χ3n) is 2.83. The van der Waals surface area contributed by atoms with Crippen molar-refractivity contribution < 1.29 is 9.13 Å². The maximum Gasteiger partial charge on any atom is 0.169 e. The molecule has 1 aromatic heterocycles. The predicted octanol–water partition coefficient (Wildman–Crippen LogP) is 2.83. The fraction of sp³-hybridized carbons (Fsp3) is 0.267. The zero-order valence-corrected chi connectivity index (χ0v) is 11.1. The number of hydrogen-bond donors (Lipinski definition) is 1. The minimum absolute atomic E-state index is 0.271. The van der Waals surface area contributed by atoms with Crippen LogP contribution in [0.1, 0.15) is 17.0 Å². The molecule has 1 heterocycles. The highest BCUT2D eigenvalue weighted by atomic mass is 19.1. The zero-order valence-electron chi connectivity index (χ0n) is 11.1. The second kappa shape index (κ2) is 6.29. The number of hydrogen-bond acceptors (Lipinski definition) is 3. The van der Waals surface area contributed by atoms with E-state index in [4.69, 9.17) is 4.74 Å². The highest BCUT2D eigenvalue weighted by Gasteiger charge is 2.07. The van der Waals surface area contributed by atoms with Crippen molar-refractivity contribution in [2.24, 2.45) is 0 Å². The van der Waals surface area contributed by atoms with Crippen LogP contribution in [0.2, 0.25) is 0 Å². The van der Waals surface area contributed by atoms with Crippen molar-refractivity contribution in [2.45, 2.75) is 20.0 Å². The summed E-state index contributed by atoms with van der Waals surface area (Å²) >= 11 is 0. The molecule has 3 nitrogen and oxygen atoms in total. The first-order chi connectivity index (χ1) is 9.20. The van der Waals surface area contributed by atoms with Crippen molar-refractivity contribution in [3.05, 3.63) is 59.2 Å². The quantitative estimate of drug-likeness (QED) is 0.897. The van der Waals surface area contributed by atoms with E-state index in [0.29, 0.717) is 18.7 Å². The number of methoxy groups -OCH3 is 1. The summed E-state index contributed by atoms with van der Waals surface area (Å²) in [5.74, 6) is -0.0392. The molecule has 0 atom stereocenters. The van der Waals surface area contributed by atoms with E-state index in [0.717, 1.165) is 11.4 Å². The van der Waals surface area contributed by atoms with Crippen LogP contribution in [0, 0.1) is 12.7 Å². The number of nitrogens with zero attached hydrogens (tertiary/aromatic N) is 1. The van der Waals surface area contributed by atoms with Crippen LogP contribution in [0.3, 0.4) is 0 Å². The van der Waals surface area contributed by atoms with Crippen LogP contribution in [-0.2, 0) is 13.1 Å². The molecule has 2 rings (SSSR count). The lowest BCUT2D eigenvalue weighted by Crippen LogP contribution is -2.15. The molecular weight excluding hydrogens is 243 g/mol. The van der Waals surface area contributed by atoms with Crippen molar-refractivity contribution in [3.8, 4) is 5.75 Å². The van der Waals surface area contributed by atoms with Crippen molar-refractivity contribution in [3.63, 3.8) is 0 Å². The minimum Gasteiger partial charge on any atom is -0.494 e. The van der Waals surface area contributed by atoms with Gasteiger partial charge in [-0.15, -0.1) is 0 Å². The van der Waals surface area contributed by atoms with E-state index in [1.54, 1.807) is 18.2 Å². The Bertz CT molecular complexity index is 558. The van der Waals surface area contributed by atoms with E-state index in [-0.39, 0.29) is 11.6 Å². The number of pyridine rings is 1. The van der Waals surface area contributed by atoms with Crippen molar-refractivity contribution in [1.29, 1.82) is 0 Å². The highest BCUT2D eigenvalue weighted by molar-refractivity contribution is 5.30. The molecule has 0 fully saturated rings. The van der Waals surface area contributed by atoms with Crippen LogP contribution in [0.25, 0.3) is 0 Å². The first-order valence-electron chi connectivity index (χ1n) is 6.15. The summed E-state index contributed by atoms with van der Waals surface area (Å²) < 4.78 is 18.8. The van der Waals surface area contributed by atoms with Gasteiger partial charge in [0, 0.05) is 24.3 Å². The SMILES string of the molecule is COc1cccc(CNCc2cccc(C)n2)c1F. The molecule has 0 aliphatic rings. The van der Waals surface area contributed by atoms with Crippen LogP contribution >= 0.6 is 0 Å². The van der Waals surface area contributed by atoms with Gasteiger partial charge in [-0.1, -0.05) is 18.2 Å². The van der Waals surface area contributed by atoms with Crippen molar-refractivity contribution in [1.82, 2.24) is 10.3 Å². The second-order valence-corrected chi connectivity index (χ2v) is 4.31. The third kappa shape index (κ3) is 3.51. The number of rotatable bonds is 5. The summed E-state index contributed by atoms with van der Waals surface area (Å²) in [4.78, 5) is 4.38. The predicted molar refractivity (Wildman–Crippen MR) is 72.5 cm³/mol. The summed E-state index contributed by atoms with van der Waals surface area (Å²) in [5, 5.41) is 3.18. The van der Waals surface area contributed by atoms with Crippen LogP contribution in [0.5, 0.6) is 5.75 Å². The largest absolute Gasteiger partial charge is 0.494 e. The fourth-order valence-electron chi connectivity index (χ4n) is 1.87. The van der Waals surface area contributed by atoms with Gasteiger partial charge in [-0.3, -0.25) is 4.98 Å². The lowest BCUT2D eigenvalue weighted by atomic mass is 10.2. The minimum atomic E-state index is -0.310. The molecule has 1 aromatic carbocycles. The van der Waals surface area contributed by atoms with E-state index >= 15 is 0 Å². The Balaban J connectivity index is 1.96. The van der Waals surface area contributed by atoms with E-state index in [2.05, 4.69) is 10.3 Å². The van der Waals surface area contributed by atoms with Gasteiger partial charge in [-0.2, -0.15) is 0 Å². The van der Waals surface area contributed by atoms with Gasteiger partial charge in [0.25, 0.3) is 0 Å². The second-order valence-electron chi connectivity index (χ2n) is 4.31. The molecule has 100 valence electrons. The molecule has 0 spiro atoms. The van der Waals surface area contributed by atoms with Crippen LogP contribution in [-0.4, -0.2) is 12.1 Å². The number of benzene rings is 1. The number of halogens is 1. The average Bonchev–Trinajstić information content (AvgIpc) is 2.41. The summed E-state index contributed by atoms with van der Waals surface area (Å²) in [7, 11) is 1.46. The monoisotopic (exact) mass is 260 g/mol. The molecule has 1 N–H and O–H groups in total. The molecule has 0 amide bonds. The molecule has 0 saturated carbocycles. The summed E-state index contributed by atoms with van der Waals surface area (Å²) in [5.41, 5.74) is 2.52. The first-order valence-corrected chi connectivity index (χ1v) is 6.15. The van der Waals surface area contributed by atoms with Crippen LogP contribution in [0.4, 0.5) is 4.39 Å². The van der Waals surface area contributed by atoms with E-state index in [1.165, 1.54) is 7.11 Å². The van der Waals surface area contributed by atoms with Gasteiger partial charge >= 0.3 is 0 Å². The Labute approximate surface area is 112 Å².